The molecule has 3 heterocycles. The molecule has 6 nitrogen and oxygen atoms in total. The van der Waals surface area contributed by atoms with Gasteiger partial charge in [-0.2, -0.15) is 18.4 Å². The smallest absolute Gasteiger partial charge is 0.419 e. The molecule has 1 amide bonds. The maximum atomic E-state index is 13.4. The molecule has 180 valence electrons. The molecular formula is C25H19ClF3N3O3. The highest BCUT2D eigenvalue weighted by atomic mass is 35.5. The third-order valence-corrected chi connectivity index (χ3v) is 6.78. The van der Waals surface area contributed by atoms with Gasteiger partial charge in [-0.05, 0) is 42.5 Å². The Hall–Kier alpha value is -3.64. The number of halogens is 4. The summed E-state index contributed by atoms with van der Waals surface area (Å²) in [4.78, 5) is 14.6. The number of carbonyl (C=O) groups is 1. The number of nitriles is 1. The summed E-state index contributed by atoms with van der Waals surface area (Å²) in [5.74, 6) is -0.309. The van der Waals surface area contributed by atoms with Crippen LogP contribution in [-0.4, -0.2) is 35.6 Å². The van der Waals surface area contributed by atoms with Crippen LogP contribution >= 0.6 is 11.6 Å². The molecule has 0 saturated carbocycles. The summed E-state index contributed by atoms with van der Waals surface area (Å²) < 4.78 is 53.4. The maximum Gasteiger partial charge on any atom is 0.419 e. The van der Waals surface area contributed by atoms with Crippen molar-refractivity contribution in [1.29, 1.82) is 5.26 Å². The number of likely N-dealkylation sites (tertiary alicyclic amines) is 1. The van der Waals surface area contributed by atoms with E-state index in [1.54, 1.807) is 24.3 Å². The largest absolute Gasteiger partial charge is 0.496 e. The van der Waals surface area contributed by atoms with Crippen LogP contribution in [0.3, 0.4) is 0 Å². The Bertz CT molecular complexity index is 1370. The number of hydrogen-bond donors (Lipinski definition) is 0. The van der Waals surface area contributed by atoms with Gasteiger partial charge < -0.3 is 14.4 Å². The van der Waals surface area contributed by atoms with Crippen LogP contribution in [0.15, 0.2) is 48.5 Å². The number of fused-ring (bicyclic) bond motifs is 4. The molecule has 35 heavy (non-hydrogen) atoms. The average molecular weight is 502 g/mol. The molecule has 1 fully saturated rings. The second-order valence-corrected chi connectivity index (χ2v) is 8.90. The van der Waals surface area contributed by atoms with Crippen LogP contribution in [0, 0.1) is 11.3 Å². The number of benzene rings is 2. The van der Waals surface area contributed by atoms with Crippen LogP contribution < -0.4 is 9.47 Å². The molecule has 10 heteroatoms. The van der Waals surface area contributed by atoms with Crippen molar-refractivity contribution in [3.63, 3.8) is 0 Å². The fraction of sp³-hybridized carbons (Fsp3) is 0.280. The van der Waals surface area contributed by atoms with Gasteiger partial charge in [-0.3, -0.25) is 9.36 Å². The summed E-state index contributed by atoms with van der Waals surface area (Å²) in [6.07, 6.45) is -3.87. The van der Waals surface area contributed by atoms with Gasteiger partial charge in [0, 0.05) is 42.6 Å². The molecule has 0 radical (unpaired) electrons. The van der Waals surface area contributed by atoms with E-state index in [0.29, 0.717) is 35.0 Å². The summed E-state index contributed by atoms with van der Waals surface area (Å²) in [5.41, 5.74) is 0.0762. The van der Waals surface area contributed by atoms with Crippen molar-refractivity contribution in [3.8, 4) is 23.3 Å². The van der Waals surface area contributed by atoms with Crippen molar-refractivity contribution in [2.45, 2.75) is 24.6 Å². The van der Waals surface area contributed by atoms with Crippen LogP contribution in [0.5, 0.6) is 11.5 Å². The van der Waals surface area contributed by atoms with Crippen molar-refractivity contribution < 1.29 is 27.4 Å². The molecule has 1 aromatic heterocycles. The SMILES string of the molecule is COc1ccc(C(=O)N2CCC3(CC2)Oc2cc(Cl)ccc2-n2c(C#N)ccc23)cc1C(F)(F)F. The van der Waals surface area contributed by atoms with Gasteiger partial charge >= 0.3 is 6.18 Å². The lowest BCUT2D eigenvalue weighted by Crippen LogP contribution is -2.50. The average Bonchev–Trinajstić information content (AvgIpc) is 3.28. The minimum absolute atomic E-state index is 0.0640. The highest BCUT2D eigenvalue weighted by Crippen LogP contribution is 2.47. The number of hydrogen-bond acceptors (Lipinski definition) is 4. The molecule has 1 spiro atoms. The van der Waals surface area contributed by atoms with E-state index in [-0.39, 0.29) is 24.4 Å². The second-order valence-electron chi connectivity index (χ2n) is 8.46. The monoisotopic (exact) mass is 501 g/mol. The Morgan fingerprint density at radius 1 is 1.14 bits per heavy atom. The quantitative estimate of drug-likeness (QED) is 0.461. The van der Waals surface area contributed by atoms with Crippen molar-refractivity contribution in [1.82, 2.24) is 9.47 Å². The first-order valence-corrected chi connectivity index (χ1v) is 11.2. The van der Waals surface area contributed by atoms with Crippen molar-refractivity contribution >= 4 is 17.5 Å². The lowest BCUT2D eigenvalue weighted by atomic mass is 9.86. The van der Waals surface area contributed by atoms with E-state index in [0.717, 1.165) is 24.9 Å². The third-order valence-electron chi connectivity index (χ3n) is 6.54. The van der Waals surface area contributed by atoms with E-state index >= 15 is 0 Å². The molecule has 5 rings (SSSR count). The fourth-order valence-corrected chi connectivity index (χ4v) is 4.99. The topological polar surface area (TPSA) is 67.5 Å². The summed E-state index contributed by atoms with van der Waals surface area (Å²) in [6.45, 7) is 0.518. The number of piperidine rings is 1. The Morgan fingerprint density at radius 2 is 1.89 bits per heavy atom. The van der Waals surface area contributed by atoms with Gasteiger partial charge in [-0.25, -0.2) is 0 Å². The van der Waals surface area contributed by atoms with E-state index in [1.807, 2.05) is 10.6 Å². The van der Waals surface area contributed by atoms with Crippen molar-refractivity contribution in [2.75, 3.05) is 20.2 Å². The van der Waals surface area contributed by atoms with E-state index in [2.05, 4.69) is 6.07 Å². The number of aromatic nitrogens is 1. The zero-order chi connectivity index (χ0) is 25.0. The number of methoxy groups -OCH3 is 1. The minimum atomic E-state index is -4.65. The number of ether oxygens (including phenoxy) is 2. The van der Waals surface area contributed by atoms with Gasteiger partial charge in [0.15, 0.2) is 5.60 Å². The highest BCUT2D eigenvalue weighted by Gasteiger charge is 2.46. The third kappa shape index (κ3) is 3.78. The van der Waals surface area contributed by atoms with Crippen LogP contribution in [0.4, 0.5) is 13.2 Å². The number of amides is 1. The molecule has 0 N–H and O–H groups in total. The van der Waals surface area contributed by atoms with Gasteiger partial charge in [0.05, 0.1) is 24.1 Å². The number of nitrogens with zero attached hydrogens (tertiary/aromatic N) is 3. The predicted octanol–water partition coefficient (Wildman–Crippen LogP) is 5.55. The highest BCUT2D eigenvalue weighted by molar-refractivity contribution is 6.30. The molecule has 0 unspecified atom stereocenters. The number of rotatable bonds is 2. The molecule has 1 saturated heterocycles. The van der Waals surface area contributed by atoms with Crippen LogP contribution in [-0.2, 0) is 11.8 Å². The number of alkyl halides is 3. The zero-order valence-corrected chi connectivity index (χ0v) is 19.3. The molecular weight excluding hydrogens is 483 g/mol. The van der Waals surface area contributed by atoms with Gasteiger partial charge in [0.1, 0.15) is 23.3 Å². The van der Waals surface area contributed by atoms with Crippen LogP contribution in [0.1, 0.15) is 40.2 Å². The van der Waals surface area contributed by atoms with E-state index in [4.69, 9.17) is 21.1 Å². The Morgan fingerprint density at radius 3 is 2.54 bits per heavy atom. The summed E-state index contributed by atoms with van der Waals surface area (Å²) in [7, 11) is 1.15. The number of carbonyl (C=O) groups excluding carboxylic acids is 1. The van der Waals surface area contributed by atoms with Crippen LogP contribution in [0.25, 0.3) is 5.69 Å². The normalized spacial score (nSPS) is 16.2. The molecule has 0 atom stereocenters. The van der Waals surface area contributed by atoms with Gasteiger partial charge in [-0.15, -0.1) is 0 Å². The second kappa shape index (κ2) is 8.24. The lowest BCUT2D eigenvalue weighted by molar-refractivity contribution is -0.138. The zero-order valence-electron chi connectivity index (χ0n) is 18.5. The Kier molecular flexibility index (Phi) is 5.44. The van der Waals surface area contributed by atoms with E-state index < -0.39 is 23.2 Å². The molecule has 3 aromatic rings. The predicted molar refractivity (Wildman–Crippen MR) is 121 cm³/mol. The lowest BCUT2D eigenvalue weighted by Gasteiger charge is -2.45. The van der Waals surface area contributed by atoms with Gasteiger partial charge in [0.2, 0.25) is 0 Å². The Labute approximate surface area is 204 Å². The van der Waals surface area contributed by atoms with Crippen molar-refractivity contribution in [3.05, 3.63) is 76.1 Å². The van der Waals surface area contributed by atoms with Gasteiger partial charge in [0.25, 0.3) is 5.91 Å². The maximum absolute atomic E-state index is 13.4. The first-order valence-electron chi connectivity index (χ1n) is 10.8. The Balaban J connectivity index is 1.43. The molecule has 2 aliphatic rings. The minimum Gasteiger partial charge on any atom is -0.496 e. The summed E-state index contributed by atoms with van der Waals surface area (Å²) in [6, 6.07) is 14.3. The summed E-state index contributed by atoms with van der Waals surface area (Å²) >= 11 is 6.18. The molecule has 0 aliphatic carbocycles. The molecule has 2 aliphatic heterocycles. The van der Waals surface area contributed by atoms with Gasteiger partial charge in [-0.1, -0.05) is 11.6 Å². The van der Waals surface area contributed by atoms with Crippen molar-refractivity contribution in [2.24, 2.45) is 0 Å². The standard InChI is InChI=1S/C25H19ClF3N3O3/c1-34-20-6-2-15(12-18(20)25(27,28)29)23(33)31-10-8-24(9-11-31)22-7-4-17(14-30)32(22)19-5-3-16(26)13-21(19)35-24/h2-7,12-13H,8-11H2,1H3. The molecule has 2 aromatic carbocycles. The first kappa shape index (κ1) is 23.1. The summed E-state index contributed by atoms with van der Waals surface area (Å²) in [5, 5.41) is 10.1. The molecule has 0 bridgehead atoms. The van der Waals surface area contributed by atoms with E-state index in [9.17, 15) is 23.2 Å². The first-order chi connectivity index (χ1) is 16.7. The van der Waals surface area contributed by atoms with Crippen LogP contribution in [0.2, 0.25) is 5.02 Å². The van der Waals surface area contributed by atoms with E-state index in [1.165, 1.54) is 11.0 Å². The fourth-order valence-electron chi connectivity index (χ4n) is 4.83.